The molecule has 166 valence electrons. The van der Waals surface area contributed by atoms with Gasteiger partial charge in [-0.2, -0.15) is 4.68 Å². The quantitative estimate of drug-likeness (QED) is 0.241. The number of tetrazole rings is 1. The van der Waals surface area contributed by atoms with Gasteiger partial charge in [0.15, 0.2) is 11.5 Å². The first-order chi connectivity index (χ1) is 15.8. The molecule has 32 heavy (non-hydrogen) atoms. The molecule has 0 aliphatic carbocycles. The van der Waals surface area contributed by atoms with Gasteiger partial charge in [0, 0.05) is 17.2 Å². The van der Waals surface area contributed by atoms with Crippen LogP contribution in [-0.2, 0) is 13.2 Å². The van der Waals surface area contributed by atoms with Crippen LogP contribution >= 0.6 is 23.1 Å². The number of hydrogen-bond acceptors (Lipinski definition) is 8. The standard InChI is InChI=1S/C23H25N5O2S2/c1-29-22-15-18(10-11-21(22)30-17-20-9-5-13-31-20)16-24-12-6-14-32-23-25-26-27-28(23)19-7-3-2-4-8-19/h2-5,7-11,13,15,24H,6,12,14,16-17H2,1H3. The fourth-order valence-corrected chi connectivity index (χ4v) is 4.52. The fourth-order valence-electron chi connectivity index (χ4n) is 3.08. The number of thioether (sulfide) groups is 1. The van der Waals surface area contributed by atoms with Crippen molar-refractivity contribution in [1.82, 2.24) is 25.5 Å². The van der Waals surface area contributed by atoms with Crippen LogP contribution < -0.4 is 14.8 Å². The van der Waals surface area contributed by atoms with E-state index in [2.05, 4.69) is 33.0 Å². The van der Waals surface area contributed by atoms with Gasteiger partial charge in [0.05, 0.1) is 12.8 Å². The average molecular weight is 468 g/mol. The normalized spacial score (nSPS) is 10.9. The predicted octanol–water partition coefficient (Wildman–Crippen LogP) is 4.58. The molecule has 9 heteroatoms. The molecule has 2 aromatic carbocycles. The number of ether oxygens (including phenoxy) is 2. The molecule has 7 nitrogen and oxygen atoms in total. The highest BCUT2D eigenvalue weighted by Crippen LogP contribution is 2.29. The molecule has 0 atom stereocenters. The Kier molecular flexibility index (Phi) is 8.13. The third-order valence-electron chi connectivity index (χ3n) is 4.68. The molecule has 0 spiro atoms. The zero-order chi connectivity index (χ0) is 22.0. The van der Waals surface area contributed by atoms with Crippen LogP contribution in [-0.4, -0.2) is 39.6 Å². The lowest BCUT2D eigenvalue weighted by atomic mass is 10.2. The fraction of sp³-hybridized carbons (Fsp3) is 0.261. The molecule has 1 N–H and O–H groups in total. The Morgan fingerprint density at radius 3 is 2.78 bits per heavy atom. The summed E-state index contributed by atoms with van der Waals surface area (Å²) >= 11 is 3.34. The van der Waals surface area contributed by atoms with Crippen LogP contribution in [0.1, 0.15) is 16.9 Å². The van der Waals surface area contributed by atoms with E-state index >= 15 is 0 Å². The minimum absolute atomic E-state index is 0.552. The van der Waals surface area contributed by atoms with Crippen molar-refractivity contribution in [2.24, 2.45) is 0 Å². The SMILES string of the molecule is COc1cc(CNCCCSc2nnnn2-c2ccccc2)ccc1OCc1cccs1. The van der Waals surface area contributed by atoms with Crippen molar-refractivity contribution in [3.8, 4) is 17.2 Å². The van der Waals surface area contributed by atoms with E-state index in [9.17, 15) is 0 Å². The first kappa shape index (κ1) is 22.3. The third-order valence-corrected chi connectivity index (χ3v) is 6.53. The van der Waals surface area contributed by atoms with E-state index in [0.717, 1.165) is 53.2 Å². The number of nitrogens with zero attached hydrogens (tertiary/aromatic N) is 4. The molecule has 0 aliphatic heterocycles. The van der Waals surface area contributed by atoms with Crippen LogP contribution in [0, 0.1) is 0 Å². The average Bonchev–Trinajstić information content (AvgIpc) is 3.53. The Hall–Kier alpha value is -2.88. The molecular weight excluding hydrogens is 442 g/mol. The minimum Gasteiger partial charge on any atom is -0.493 e. The lowest BCUT2D eigenvalue weighted by Gasteiger charge is -2.12. The lowest BCUT2D eigenvalue weighted by molar-refractivity contribution is 0.287. The Morgan fingerprint density at radius 2 is 1.97 bits per heavy atom. The zero-order valence-electron chi connectivity index (χ0n) is 17.8. The van der Waals surface area contributed by atoms with Crippen molar-refractivity contribution in [3.63, 3.8) is 0 Å². The Bertz CT molecular complexity index is 1090. The van der Waals surface area contributed by atoms with Crippen LogP contribution in [0.2, 0.25) is 0 Å². The molecule has 4 aromatic rings. The largest absolute Gasteiger partial charge is 0.493 e. The molecule has 0 saturated carbocycles. The number of para-hydroxylation sites is 1. The first-order valence-electron chi connectivity index (χ1n) is 10.3. The minimum atomic E-state index is 0.552. The summed E-state index contributed by atoms with van der Waals surface area (Å²) in [5, 5.41) is 18.4. The number of benzene rings is 2. The van der Waals surface area contributed by atoms with Crippen molar-refractivity contribution in [1.29, 1.82) is 0 Å². The Morgan fingerprint density at radius 1 is 1.06 bits per heavy atom. The van der Waals surface area contributed by atoms with Gasteiger partial charge in [0.25, 0.3) is 0 Å². The van der Waals surface area contributed by atoms with Crippen LogP contribution in [0.15, 0.2) is 71.2 Å². The van der Waals surface area contributed by atoms with Crippen LogP contribution in [0.3, 0.4) is 0 Å². The van der Waals surface area contributed by atoms with Crippen molar-refractivity contribution in [3.05, 3.63) is 76.5 Å². The summed E-state index contributed by atoms with van der Waals surface area (Å²) in [6, 6.07) is 20.1. The molecule has 0 saturated heterocycles. The molecule has 4 rings (SSSR count). The molecule has 2 heterocycles. The molecule has 0 radical (unpaired) electrons. The molecule has 0 amide bonds. The summed E-state index contributed by atoms with van der Waals surface area (Å²) in [7, 11) is 1.67. The topological polar surface area (TPSA) is 74.1 Å². The van der Waals surface area contributed by atoms with E-state index in [0.29, 0.717) is 6.61 Å². The summed E-state index contributed by atoms with van der Waals surface area (Å²) in [6.45, 7) is 2.23. The van der Waals surface area contributed by atoms with E-state index < -0.39 is 0 Å². The number of methoxy groups -OCH3 is 1. The smallest absolute Gasteiger partial charge is 0.214 e. The predicted molar refractivity (Wildman–Crippen MR) is 128 cm³/mol. The number of rotatable bonds is 12. The van der Waals surface area contributed by atoms with Gasteiger partial charge in [-0.1, -0.05) is 42.1 Å². The summed E-state index contributed by atoms with van der Waals surface area (Å²) in [4.78, 5) is 1.19. The van der Waals surface area contributed by atoms with E-state index in [1.807, 2.05) is 53.9 Å². The van der Waals surface area contributed by atoms with E-state index in [1.54, 1.807) is 34.9 Å². The maximum Gasteiger partial charge on any atom is 0.214 e. The summed E-state index contributed by atoms with van der Waals surface area (Å²) in [6.07, 6.45) is 1.01. The monoisotopic (exact) mass is 467 g/mol. The van der Waals surface area contributed by atoms with E-state index in [4.69, 9.17) is 9.47 Å². The van der Waals surface area contributed by atoms with E-state index in [-0.39, 0.29) is 0 Å². The Labute approximate surface area is 195 Å². The third kappa shape index (κ3) is 6.09. The van der Waals surface area contributed by atoms with Gasteiger partial charge in [-0.25, -0.2) is 0 Å². The second kappa shape index (κ2) is 11.7. The number of thiophene rings is 1. The van der Waals surface area contributed by atoms with Crippen molar-refractivity contribution in [2.45, 2.75) is 24.7 Å². The van der Waals surface area contributed by atoms with E-state index in [1.165, 1.54) is 4.88 Å². The highest BCUT2D eigenvalue weighted by molar-refractivity contribution is 7.99. The van der Waals surface area contributed by atoms with Gasteiger partial charge in [-0.15, -0.1) is 16.4 Å². The van der Waals surface area contributed by atoms with Crippen LogP contribution in [0.25, 0.3) is 5.69 Å². The molecule has 0 aliphatic rings. The van der Waals surface area contributed by atoms with Crippen molar-refractivity contribution < 1.29 is 9.47 Å². The first-order valence-corrected chi connectivity index (χ1v) is 12.2. The number of aromatic nitrogens is 4. The number of hydrogen-bond donors (Lipinski definition) is 1. The highest BCUT2D eigenvalue weighted by atomic mass is 32.2. The number of nitrogens with one attached hydrogen (secondary N) is 1. The second-order valence-corrected chi connectivity index (χ2v) is 9.04. The molecule has 0 unspecified atom stereocenters. The second-order valence-electron chi connectivity index (χ2n) is 6.94. The van der Waals surface area contributed by atoms with Crippen LogP contribution in [0.4, 0.5) is 0 Å². The Balaban J connectivity index is 1.19. The summed E-state index contributed by atoms with van der Waals surface area (Å²) in [5.41, 5.74) is 2.13. The van der Waals surface area contributed by atoms with Gasteiger partial charge in [-0.05, 0) is 64.7 Å². The van der Waals surface area contributed by atoms with Gasteiger partial charge >= 0.3 is 0 Å². The van der Waals surface area contributed by atoms with Gasteiger partial charge in [-0.3, -0.25) is 0 Å². The summed E-state index contributed by atoms with van der Waals surface area (Å²) < 4.78 is 13.2. The maximum absolute atomic E-state index is 5.91. The zero-order valence-corrected chi connectivity index (χ0v) is 19.4. The van der Waals surface area contributed by atoms with Crippen molar-refractivity contribution in [2.75, 3.05) is 19.4 Å². The van der Waals surface area contributed by atoms with Gasteiger partial charge < -0.3 is 14.8 Å². The van der Waals surface area contributed by atoms with Crippen molar-refractivity contribution >= 4 is 23.1 Å². The maximum atomic E-state index is 5.91. The highest BCUT2D eigenvalue weighted by Gasteiger charge is 2.09. The molecule has 0 fully saturated rings. The van der Waals surface area contributed by atoms with Gasteiger partial charge in [0.1, 0.15) is 6.61 Å². The molecular formula is C23H25N5O2S2. The van der Waals surface area contributed by atoms with Gasteiger partial charge in [0.2, 0.25) is 5.16 Å². The lowest BCUT2D eigenvalue weighted by Crippen LogP contribution is -2.15. The molecule has 0 bridgehead atoms. The molecule has 2 aromatic heterocycles. The van der Waals surface area contributed by atoms with Crippen LogP contribution in [0.5, 0.6) is 11.5 Å². The summed E-state index contributed by atoms with van der Waals surface area (Å²) in [5.74, 6) is 2.44.